The molecule has 0 saturated heterocycles. The monoisotopic (exact) mass is 274 g/mol. The largest absolute Gasteiger partial charge is 0.496 e. The van der Waals surface area contributed by atoms with Crippen molar-refractivity contribution >= 4 is 6.03 Å². The lowest BCUT2D eigenvalue weighted by Gasteiger charge is -2.14. The van der Waals surface area contributed by atoms with Crippen LogP contribution in [-0.2, 0) is 6.54 Å². The Bertz CT molecular complexity index is 475. The first-order valence-corrected chi connectivity index (χ1v) is 7.14. The van der Waals surface area contributed by atoms with Crippen molar-refractivity contribution in [3.05, 3.63) is 41.6 Å². The van der Waals surface area contributed by atoms with Gasteiger partial charge in [-0.3, -0.25) is 0 Å². The van der Waals surface area contributed by atoms with Gasteiger partial charge in [-0.15, -0.1) is 0 Å². The number of ether oxygens (including phenoxy) is 1. The molecule has 1 aromatic carbocycles. The second-order valence-corrected chi connectivity index (χ2v) is 5.00. The average Bonchev–Trinajstić information content (AvgIpc) is 2.52. The minimum absolute atomic E-state index is 0.172. The molecular weight excluding hydrogens is 252 g/mol. The van der Waals surface area contributed by atoms with Crippen molar-refractivity contribution in [3.63, 3.8) is 0 Å². The molecule has 1 aliphatic rings. The molecule has 108 valence electrons. The highest BCUT2D eigenvalue weighted by Crippen LogP contribution is 2.21. The van der Waals surface area contributed by atoms with Crippen LogP contribution in [0, 0.1) is 0 Å². The summed E-state index contributed by atoms with van der Waals surface area (Å²) in [5.74, 6) is 0.790. The van der Waals surface area contributed by atoms with Gasteiger partial charge in [0.15, 0.2) is 0 Å². The van der Waals surface area contributed by atoms with Crippen molar-refractivity contribution in [1.82, 2.24) is 10.6 Å². The third-order valence-electron chi connectivity index (χ3n) is 3.54. The first-order chi connectivity index (χ1) is 9.79. The van der Waals surface area contributed by atoms with Crippen LogP contribution in [0.3, 0.4) is 0 Å². The maximum absolute atomic E-state index is 11.8. The summed E-state index contributed by atoms with van der Waals surface area (Å²) in [6.45, 7) is 0.457. The molecular formula is C16H22N2O2. The number of allylic oxidation sites excluding steroid dienone is 1. The Labute approximate surface area is 120 Å². The highest BCUT2D eigenvalue weighted by Gasteiger charge is 2.06. The third-order valence-corrected chi connectivity index (χ3v) is 3.54. The number of rotatable bonds is 4. The van der Waals surface area contributed by atoms with E-state index in [0.717, 1.165) is 24.2 Å². The molecule has 1 saturated carbocycles. The number of para-hydroxylation sites is 1. The Morgan fingerprint density at radius 2 is 2.00 bits per heavy atom. The van der Waals surface area contributed by atoms with Crippen LogP contribution in [0.5, 0.6) is 5.75 Å². The Kier molecular flexibility index (Phi) is 5.47. The summed E-state index contributed by atoms with van der Waals surface area (Å²) < 4.78 is 5.25. The van der Waals surface area contributed by atoms with E-state index in [-0.39, 0.29) is 6.03 Å². The zero-order chi connectivity index (χ0) is 14.2. The molecule has 0 aliphatic heterocycles. The van der Waals surface area contributed by atoms with Gasteiger partial charge >= 0.3 is 6.03 Å². The summed E-state index contributed by atoms with van der Waals surface area (Å²) >= 11 is 0. The predicted molar refractivity (Wildman–Crippen MR) is 79.5 cm³/mol. The molecule has 0 aromatic heterocycles. The number of hydrogen-bond acceptors (Lipinski definition) is 2. The van der Waals surface area contributed by atoms with E-state index in [2.05, 4.69) is 10.6 Å². The van der Waals surface area contributed by atoms with E-state index in [0.29, 0.717) is 6.54 Å². The summed E-state index contributed by atoms with van der Waals surface area (Å²) in [7, 11) is 1.63. The first-order valence-electron chi connectivity index (χ1n) is 7.14. The van der Waals surface area contributed by atoms with Gasteiger partial charge in [0.1, 0.15) is 5.75 Å². The average molecular weight is 274 g/mol. The van der Waals surface area contributed by atoms with Crippen molar-refractivity contribution in [2.75, 3.05) is 7.11 Å². The molecule has 0 spiro atoms. The minimum atomic E-state index is -0.172. The van der Waals surface area contributed by atoms with Crippen molar-refractivity contribution in [1.29, 1.82) is 0 Å². The molecule has 2 N–H and O–H groups in total. The molecule has 20 heavy (non-hydrogen) atoms. The summed E-state index contributed by atoms with van der Waals surface area (Å²) in [5, 5.41) is 5.65. The van der Waals surface area contributed by atoms with E-state index in [1.807, 2.05) is 30.5 Å². The topological polar surface area (TPSA) is 50.4 Å². The maximum atomic E-state index is 11.8. The molecule has 2 rings (SSSR count). The lowest BCUT2D eigenvalue weighted by atomic mass is 9.96. The van der Waals surface area contributed by atoms with E-state index < -0.39 is 0 Å². The minimum Gasteiger partial charge on any atom is -0.496 e. The number of methoxy groups -OCH3 is 1. The Hall–Kier alpha value is -1.97. The van der Waals surface area contributed by atoms with Crippen molar-refractivity contribution in [3.8, 4) is 5.75 Å². The highest BCUT2D eigenvalue weighted by atomic mass is 16.5. The van der Waals surface area contributed by atoms with Crippen LogP contribution in [0.2, 0.25) is 0 Å². The van der Waals surface area contributed by atoms with Crippen LogP contribution in [0.15, 0.2) is 36.0 Å². The second kappa shape index (κ2) is 7.58. The molecule has 1 aliphatic carbocycles. The summed E-state index contributed by atoms with van der Waals surface area (Å²) in [5.41, 5.74) is 2.30. The van der Waals surface area contributed by atoms with Gasteiger partial charge in [-0.25, -0.2) is 4.79 Å². The predicted octanol–water partition coefficient (Wildman–Crippen LogP) is 3.34. The number of carbonyl (C=O) groups is 1. The van der Waals surface area contributed by atoms with Gasteiger partial charge in [0, 0.05) is 18.3 Å². The standard InChI is InChI=1S/C16H22N2O2/c1-20-15-10-6-5-9-14(15)12-18-16(19)17-11-13-7-3-2-4-8-13/h5-6,9-11H,2-4,7-8,12H2,1H3,(H2,17,18,19). The molecule has 0 atom stereocenters. The molecule has 0 bridgehead atoms. The highest BCUT2D eigenvalue weighted by molar-refractivity contribution is 5.75. The Balaban J connectivity index is 1.80. The zero-order valence-corrected chi connectivity index (χ0v) is 11.9. The van der Waals surface area contributed by atoms with Crippen molar-refractivity contribution in [2.45, 2.75) is 38.6 Å². The quantitative estimate of drug-likeness (QED) is 0.884. The van der Waals surface area contributed by atoms with Crippen LogP contribution < -0.4 is 15.4 Å². The Morgan fingerprint density at radius 3 is 2.75 bits per heavy atom. The summed E-state index contributed by atoms with van der Waals surface area (Å²) in [4.78, 5) is 11.8. The van der Waals surface area contributed by atoms with E-state index in [1.165, 1.54) is 24.8 Å². The van der Waals surface area contributed by atoms with Crippen LogP contribution in [-0.4, -0.2) is 13.1 Å². The number of amides is 2. The lowest BCUT2D eigenvalue weighted by molar-refractivity contribution is 0.243. The number of carbonyl (C=O) groups excluding carboxylic acids is 1. The van der Waals surface area contributed by atoms with Gasteiger partial charge in [0.2, 0.25) is 0 Å². The molecule has 0 unspecified atom stereocenters. The number of urea groups is 1. The summed E-state index contributed by atoms with van der Waals surface area (Å²) in [6, 6.07) is 7.50. The van der Waals surface area contributed by atoms with E-state index >= 15 is 0 Å². The van der Waals surface area contributed by atoms with Gasteiger partial charge in [-0.1, -0.05) is 30.2 Å². The summed E-state index contributed by atoms with van der Waals surface area (Å²) in [6.07, 6.45) is 7.83. The molecule has 2 amide bonds. The van der Waals surface area contributed by atoms with Gasteiger partial charge in [-0.2, -0.15) is 0 Å². The van der Waals surface area contributed by atoms with E-state index in [4.69, 9.17) is 4.74 Å². The molecule has 1 fully saturated rings. The molecule has 0 heterocycles. The molecule has 4 nitrogen and oxygen atoms in total. The van der Waals surface area contributed by atoms with Gasteiger partial charge < -0.3 is 15.4 Å². The third kappa shape index (κ3) is 4.30. The SMILES string of the molecule is COc1ccccc1CNC(=O)NC=C1CCCCC1. The first kappa shape index (κ1) is 14.4. The van der Waals surface area contributed by atoms with Crippen LogP contribution >= 0.6 is 0 Å². The van der Waals surface area contributed by atoms with Crippen LogP contribution in [0.1, 0.15) is 37.7 Å². The van der Waals surface area contributed by atoms with Gasteiger partial charge in [-0.05, 0) is 31.7 Å². The second-order valence-electron chi connectivity index (χ2n) is 5.00. The van der Waals surface area contributed by atoms with Crippen molar-refractivity contribution < 1.29 is 9.53 Å². The van der Waals surface area contributed by atoms with Gasteiger partial charge in [0.25, 0.3) is 0 Å². The maximum Gasteiger partial charge on any atom is 0.319 e. The van der Waals surface area contributed by atoms with Crippen molar-refractivity contribution in [2.24, 2.45) is 0 Å². The number of nitrogens with one attached hydrogen (secondary N) is 2. The fraction of sp³-hybridized carbons (Fsp3) is 0.438. The van der Waals surface area contributed by atoms with Crippen LogP contribution in [0.4, 0.5) is 4.79 Å². The van der Waals surface area contributed by atoms with E-state index in [1.54, 1.807) is 7.11 Å². The fourth-order valence-corrected chi connectivity index (χ4v) is 2.39. The fourth-order valence-electron chi connectivity index (χ4n) is 2.39. The molecule has 4 heteroatoms. The molecule has 0 radical (unpaired) electrons. The number of hydrogen-bond donors (Lipinski definition) is 2. The van der Waals surface area contributed by atoms with Crippen LogP contribution in [0.25, 0.3) is 0 Å². The Morgan fingerprint density at radius 1 is 1.25 bits per heavy atom. The number of benzene rings is 1. The zero-order valence-electron chi connectivity index (χ0n) is 11.9. The lowest BCUT2D eigenvalue weighted by Crippen LogP contribution is -2.32. The van der Waals surface area contributed by atoms with Gasteiger partial charge in [0.05, 0.1) is 7.11 Å². The smallest absolute Gasteiger partial charge is 0.319 e. The van der Waals surface area contributed by atoms with E-state index in [9.17, 15) is 4.79 Å². The normalized spacial score (nSPS) is 14.6. The molecule has 1 aromatic rings.